The van der Waals surface area contributed by atoms with Gasteiger partial charge in [-0.25, -0.2) is 9.18 Å². The summed E-state index contributed by atoms with van der Waals surface area (Å²) in [5.74, 6) is -0.550. The van der Waals surface area contributed by atoms with Crippen molar-refractivity contribution in [1.82, 2.24) is 4.98 Å². The Morgan fingerprint density at radius 3 is 2.11 bits per heavy atom. The predicted octanol–water partition coefficient (Wildman–Crippen LogP) is 5.11. The average Bonchev–Trinajstić information content (AvgIpc) is 2.64. The van der Waals surface area contributed by atoms with Crippen LogP contribution in [0.3, 0.4) is 0 Å². The van der Waals surface area contributed by atoms with Crippen LogP contribution in [-0.4, -0.2) is 31.8 Å². The second-order valence-corrected chi connectivity index (χ2v) is 7.16. The first kappa shape index (κ1) is 21.0. The van der Waals surface area contributed by atoms with Gasteiger partial charge in [0.1, 0.15) is 5.82 Å². The van der Waals surface area contributed by atoms with Gasteiger partial charge in [-0.2, -0.15) is 0 Å². The van der Waals surface area contributed by atoms with Crippen LogP contribution in [0.2, 0.25) is 0 Å². The summed E-state index contributed by atoms with van der Waals surface area (Å²) >= 11 is 0. The van der Waals surface area contributed by atoms with Crippen molar-refractivity contribution in [2.75, 3.05) is 20.8 Å². The van der Waals surface area contributed by atoms with E-state index >= 15 is 0 Å². The molecule has 0 radical (unpaired) electrons. The highest BCUT2D eigenvalue weighted by atomic mass is 19.1. The van der Waals surface area contributed by atoms with Crippen LogP contribution < -0.4 is 0 Å². The number of methoxy groups -OCH3 is 2. The van der Waals surface area contributed by atoms with Gasteiger partial charge in [0, 0.05) is 18.4 Å². The zero-order valence-corrected chi connectivity index (χ0v) is 16.9. The van der Waals surface area contributed by atoms with E-state index in [0.717, 1.165) is 22.4 Å². The Kier molecular flexibility index (Phi) is 7.08. The molecule has 0 amide bonds. The minimum Gasteiger partial charge on any atom is -0.465 e. The van der Waals surface area contributed by atoms with Gasteiger partial charge >= 0.3 is 5.97 Å². The topological polar surface area (TPSA) is 48.4 Å². The molecule has 0 aliphatic heterocycles. The molecule has 2 aromatic rings. The minimum atomic E-state index is -0.431. The van der Waals surface area contributed by atoms with Crippen molar-refractivity contribution < 1.29 is 18.7 Å². The third kappa shape index (κ3) is 4.53. The van der Waals surface area contributed by atoms with E-state index in [-0.39, 0.29) is 17.7 Å². The number of esters is 1. The summed E-state index contributed by atoms with van der Waals surface area (Å²) in [7, 11) is 3.01. The summed E-state index contributed by atoms with van der Waals surface area (Å²) in [6, 6.07) is 6.20. The Morgan fingerprint density at radius 2 is 1.63 bits per heavy atom. The quantitative estimate of drug-likeness (QED) is 0.633. The van der Waals surface area contributed by atoms with E-state index in [0.29, 0.717) is 24.3 Å². The molecule has 1 heterocycles. The molecule has 0 saturated heterocycles. The number of halogens is 1. The number of carbonyl (C=O) groups is 1. The molecule has 0 spiro atoms. The van der Waals surface area contributed by atoms with E-state index in [2.05, 4.69) is 13.8 Å². The van der Waals surface area contributed by atoms with E-state index in [9.17, 15) is 9.18 Å². The largest absolute Gasteiger partial charge is 0.465 e. The molecule has 27 heavy (non-hydrogen) atoms. The van der Waals surface area contributed by atoms with E-state index in [4.69, 9.17) is 14.5 Å². The third-order valence-corrected chi connectivity index (χ3v) is 4.53. The van der Waals surface area contributed by atoms with Crippen molar-refractivity contribution >= 4 is 5.97 Å². The molecule has 0 unspecified atom stereocenters. The molecule has 0 fully saturated rings. The third-order valence-electron chi connectivity index (χ3n) is 4.53. The number of rotatable bonds is 7. The number of ether oxygens (including phenoxy) is 2. The number of benzene rings is 1. The summed E-state index contributed by atoms with van der Waals surface area (Å²) in [4.78, 5) is 17.6. The van der Waals surface area contributed by atoms with Gasteiger partial charge in [0.15, 0.2) is 0 Å². The summed E-state index contributed by atoms with van der Waals surface area (Å²) in [5, 5.41) is 0. The summed E-state index contributed by atoms with van der Waals surface area (Å²) in [6.07, 6.45) is 0.603. The van der Waals surface area contributed by atoms with Gasteiger partial charge in [-0.05, 0) is 41.5 Å². The summed E-state index contributed by atoms with van der Waals surface area (Å²) in [6.45, 7) is 8.66. The Hall–Kier alpha value is -2.27. The molecule has 1 aromatic carbocycles. The van der Waals surface area contributed by atoms with Crippen LogP contribution in [0.4, 0.5) is 4.39 Å². The maximum Gasteiger partial charge on any atom is 0.340 e. The number of nitrogens with zero attached hydrogens (tertiary/aromatic N) is 1. The Labute approximate surface area is 160 Å². The van der Waals surface area contributed by atoms with Gasteiger partial charge in [0.05, 0.1) is 25.0 Å². The lowest BCUT2D eigenvalue weighted by molar-refractivity contribution is 0.0599. The zero-order chi connectivity index (χ0) is 20.1. The smallest absolute Gasteiger partial charge is 0.340 e. The maximum atomic E-state index is 13.5. The number of carbonyl (C=O) groups excluding carboxylic acids is 1. The van der Waals surface area contributed by atoms with Crippen LogP contribution in [0.5, 0.6) is 0 Å². The summed E-state index contributed by atoms with van der Waals surface area (Å²) < 4.78 is 23.9. The number of hydrogen-bond acceptors (Lipinski definition) is 4. The molecule has 1 aromatic heterocycles. The highest BCUT2D eigenvalue weighted by molar-refractivity contribution is 5.99. The van der Waals surface area contributed by atoms with E-state index in [1.54, 1.807) is 19.2 Å². The Balaban J connectivity index is 2.94. The van der Waals surface area contributed by atoms with Crippen molar-refractivity contribution in [1.29, 1.82) is 0 Å². The monoisotopic (exact) mass is 373 g/mol. The Bertz CT molecular complexity index is 798. The first-order valence-corrected chi connectivity index (χ1v) is 9.21. The van der Waals surface area contributed by atoms with Gasteiger partial charge in [-0.15, -0.1) is 0 Å². The van der Waals surface area contributed by atoms with Crippen LogP contribution in [0.15, 0.2) is 24.3 Å². The molecule has 0 saturated carbocycles. The van der Waals surface area contributed by atoms with E-state index in [1.165, 1.54) is 19.2 Å². The highest BCUT2D eigenvalue weighted by Gasteiger charge is 2.27. The lowest BCUT2D eigenvalue weighted by Crippen LogP contribution is -2.17. The molecule has 0 aliphatic carbocycles. The number of pyridine rings is 1. The first-order chi connectivity index (χ1) is 12.8. The molecule has 0 aliphatic rings. The Morgan fingerprint density at radius 1 is 1.04 bits per heavy atom. The van der Waals surface area contributed by atoms with E-state index < -0.39 is 5.97 Å². The van der Waals surface area contributed by atoms with Crippen LogP contribution in [-0.2, 0) is 15.9 Å². The number of hydrogen-bond donors (Lipinski definition) is 0. The minimum absolute atomic E-state index is 0.0345. The molecular formula is C22H28FNO3. The van der Waals surface area contributed by atoms with Gasteiger partial charge < -0.3 is 9.47 Å². The van der Waals surface area contributed by atoms with Gasteiger partial charge in [0.2, 0.25) is 0 Å². The van der Waals surface area contributed by atoms with Crippen molar-refractivity contribution in [2.45, 2.75) is 46.0 Å². The molecule has 0 bridgehead atoms. The fourth-order valence-corrected chi connectivity index (χ4v) is 3.26. The van der Waals surface area contributed by atoms with Crippen LogP contribution in [0, 0.1) is 5.82 Å². The predicted molar refractivity (Wildman–Crippen MR) is 105 cm³/mol. The van der Waals surface area contributed by atoms with Crippen molar-refractivity contribution in [3.63, 3.8) is 0 Å². The highest BCUT2D eigenvalue weighted by Crippen LogP contribution is 2.37. The van der Waals surface area contributed by atoms with Crippen LogP contribution in [0.25, 0.3) is 11.1 Å². The fourth-order valence-electron chi connectivity index (χ4n) is 3.26. The van der Waals surface area contributed by atoms with Crippen molar-refractivity contribution in [3.05, 3.63) is 52.6 Å². The first-order valence-electron chi connectivity index (χ1n) is 9.21. The second kappa shape index (κ2) is 9.09. The molecule has 2 rings (SSSR count). The lowest BCUT2D eigenvalue weighted by atomic mass is 9.86. The van der Waals surface area contributed by atoms with E-state index in [1.807, 2.05) is 13.8 Å². The standard InChI is InChI=1S/C22H28FNO3/c1-13(2)20-17(11-12-26-5)18(15-7-9-16(23)10-8-15)19(22(25)27-6)21(24-20)14(3)4/h7-10,13-14H,11-12H2,1-6H3. The van der Waals surface area contributed by atoms with Crippen LogP contribution >= 0.6 is 0 Å². The number of aromatic nitrogens is 1. The molecular weight excluding hydrogens is 345 g/mol. The summed E-state index contributed by atoms with van der Waals surface area (Å²) in [5.41, 5.74) is 4.57. The van der Waals surface area contributed by atoms with Gasteiger partial charge in [0.25, 0.3) is 0 Å². The maximum absolute atomic E-state index is 13.5. The molecule has 146 valence electrons. The van der Waals surface area contributed by atoms with Gasteiger partial charge in [-0.1, -0.05) is 39.8 Å². The lowest BCUT2D eigenvalue weighted by Gasteiger charge is -2.23. The average molecular weight is 373 g/mol. The van der Waals surface area contributed by atoms with Crippen LogP contribution in [0.1, 0.15) is 66.8 Å². The molecule has 4 nitrogen and oxygen atoms in total. The normalized spacial score (nSPS) is 11.3. The molecule has 0 atom stereocenters. The fraction of sp³-hybridized carbons (Fsp3) is 0.455. The zero-order valence-electron chi connectivity index (χ0n) is 16.9. The van der Waals surface area contributed by atoms with Gasteiger partial charge in [-0.3, -0.25) is 4.98 Å². The molecule has 5 heteroatoms. The molecule has 0 N–H and O–H groups in total. The van der Waals surface area contributed by atoms with Crippen molar-refractivity contribution in [3.8, 4) is 11.1 Å². The van der Waals surface area contributed by atoms with Crippen molar-refractivity contribution in [2.24, 2.45) is 0 Å². The second-order valence-electron chi connectivity index (χ2n) is 7.16. The SMILES string of the molecule is COCCc1c(C(C)C)nc(C(C)C)c(C(=O)OC)c1-c1ccc(F)cc1.